The van der Waals surface area contributed by atoms with Gasteiger partial charge in [-0.3, -0.25) is 4.79 Å². The number of ether oxygens (including phenoxy) is 1. The van der Waals surface area contributed by atoms with Crippen LogP contribution in [0.2, 0.25) is 0 Å². The number of carbonyl (C=O) groups excluding carboxylic acids is 1. The normalized spacial score (nSPS) is 11.4. The Labute approximate surface area is 146 Å². The molecule has 0 unspecified atom stereocenters. The smallest absolute Gasteiger partial charge is 0.256 e. The summed E-state index contributed by atoms with van der Waals surface area (Å²) in [4.78, 5) is 12.2. The Hall–Kier alpha value is -2.65. The second kappa shape index (κ2) is 7.49. The number of benzene rings is 1. The molecular formula is C16H19N3O5S. The van der Waals surface area contributed by atoms with E-state index in [9.17, 15) is 18.4 Å². The van der Waals surface area contributed by atoms with E-state index in [2.05, 4.69) is 5.32 Å². The van der Waals surface area contributed by atoms with Gasteiger partial charge in [0.15, 0.2) is 12.4 Å². The van der Waals surface area contributed by atoms with E-state index >= 15 is 0 Å². The summed E-state index contributed by atoms with van der Waals surface area (Å²) in [5.74, 6) is -0.251. The van der Waals surface area contributed by atoms with Gasteiger partial charge in [0, 0.05) is 31.9 Å². The maximum Gasteiger partial charge on any atom is 0.256 e. The summed E-state index contributed by atoms with van der Waals surface area (Å²) in [6.45, 7) is 2.06. The van der Waals surface area contributed by atoms with Crippen molar-refractivity contribution in [2.24, 2.45) is 0 Å². The molecule has 0 bridgehead atoms. The zero-order valence-corrected chi connectivity index (χ0v) is 14.9. The molecule has 2 aromatic rings. The highest BCUT2D eigenvalue weighted by Crippen LogP contribution is 2.29. The van der Waals surface area contributed by atoms with Gasteiger partial charge < -0.3 is 15.3 Å². The number of anilines is 1. The molecule has 0 radical (unpaired) electrons. The lowest BCUT2D eigenvalue weighted by Gasteiger charge is -2.16. The van der Waals surface area contributed by atoms with Crippen molar-refractivity contribution >= 4 is 21.6 Å². The minimum absolute atomic E-state index is 0.0392. The van der Waals surface area contributed by atoms with Gasteiger partial charge >= 0.3 is 0 Å². The van der Waals surface area contributed by atoms with Crippen LogP contribution in [0.4, 0.5) is 5.69 Å². The summed E-state index contributed by atoms with van der Waals surface area (Å²) in [6, 6.07) is 7.12. The molecule has 0 spiro atoms. The van der Waals surface area contributed by atoms with Gasteiger partial charge in [-0.1, -0.05) is 0 Å². The number of rotatable bonds is 6. The first-order chi connectivity index (χ1) is 11.8. The van der Waals surface area contributed by atoms with Crippen molar-refractivity contribution in [3.63, 3.8) is 0 Å². The van der Waals surface area contributed by atoms with Gasteiger partial charge in [0.05, 0.1) is 12.2 Å². The van der Waals surface area contributed by atoms with E-state index in [1.165, 1.54) is 50.8 Å². The average Bonchev–Trinajstić information content (AvgIpc) is 2.56. The Morgan fingerprint density at radius 1 is 1.24 bits per heavy atom. The van der Waals surface area contributed by atoms with Crippen molar-refractivity contribution in [1.29, 1.82) is 0 Å². The van der Waals surface area contributed by atoms with E-state index < -0.39 is 15.9 Å². The van der Waals surface area contributed by atoms with Crippen LogP contribution in [0.5, 0.6) is 5.75 Å². The third-order valence-electron chi connectivity index (χ3n) is 3.32. The number of amides is 1. The highest BCUT2D eigenvalue weighted by atomic mass is 32.2. The lowest BCUT2D eigenvalue weighted by atomic mass is 10.2. The maximum atomic E-state index is 12.5. The molecule has 1 N–H and O–H groups in total. The van der Waals surface area contributed by atoms with Crippen molar-refractivity contribution in [1.82, 2.24) is 4.31 Å². The molecule has 9 heteroatoms. The van der Waals surface area contributed by atoms with E-state index in [-0.39, 0.29) is 16.2 Å². The standard InChI is InChI=1S/C16H19N3O5S/c1-4-24-14-6-5-13(11-15(14)25(22,23)18(2)3)17-16(20)12-7-9-19(21)10-8-12/h5-11H,4H2,1-3H3,(H,17,20). The highest BCUT2D eigenvalue weighted by Gasteiger charge is 2.23. The van der Waals surface area contributed by atoms with Crippen LogP contribution in [-0.4, -0.2) is 39.3 Å². The van der Waals surface area contributed by atoms with Crippen LogP contribution in [0.15, 0.2) is 47.6 Å². The molecule has 25 heavy (non-hydrogen) atoms. The molecule has 2 rings (SSSR count). The van der Waals surface area contributed by atoms with Crippen LogP contribution in [0.1, 0.15) is 17.3 Å². The van der Waals surface area contributed by atoms with Crippen LogP contribution in [-0.2, 0) is 10.0 Å². The van der Waals surface area contributed by atoms with Gasteiger partial charge in [0.25, 0.3) is 5.91 Å². The molecular weight excluding hydrogens is 346 g/mol. The van der Waals surface area contributed by atoms with Gasteiger partial charge in [0.2, 0.25) is 10.0 Å². The zero-order chi connectivity index (χ0) is 18.6. The summed E-state index contributed by atoms with van der Waals surface area (Å²) in [7, 11) is -0.916. The Morgan fingerprint density at radius 2 is 1.88 bits per heavy atom. The maximum absolute atomic E-state index is 12.5. The SMILES string of the molecule is CCOc1ccc(NC(=O)c2cc[n+]([O-])cc2)cc1S(=O)(=O)N(C)C. The molecule has 0 aliphatic carbocycles. The second-order valence-electron chi connectivity index (χ2n) is 5.28. The van der Waals surface area contributed by atoms with Gasteiger partial charge in [0.1, 0.15) is 10.6 Å². The summed E-state index contributed by atoms with van der Waals surface area (Å²) < 4.78 is 31.9. The summed E-state index contributed by atoms with van der Waals surface area (Å²) >= 11 is 0. The first kappa shape index (κ1) is 18.7. The van der Waals surface area contributed by atoms with E-state index in [0.29, 0.717) is 17.0 Å². The molecule has 1 amide bonds. The van der Waals surface area contributed by atoms with E-state index in [1.54, 1.807) is 13.0 Å². The monoisotopic (exact) mass is 365 g/mol. The summed E-state index contributed by atoms with van der Waals surface area (Å²) in [6.07, 6.45) is 2.41. The third kappa shape index (κ3) is 4.25. The minimum Gasteiger partial charge on any atom is -0.619 e. The van der Waals surface area contributed by atoms with Crippen molar-refractivity contribution in [3.05, 3.63) is 53.5 Å². The molecule has 0 fully saturated rings. The molecule has 0 saturated carbocycles. The van der Waals surface area contributed by atoms with Gasteiger partial charge in [-0.05, 0) is 25.1 Å². The molecule has 0 aliphatic rings. The van der Waals surface area contributed by atoms with Crippen LogP contribution in [0, 0.1) is 5.21 Å². The fraction of sp³-hybridized carbons (Fsp3) is 0.250. The average molecular weight is 365 g/mol. The molecule has 1 aromatic carbocycles. The van der Waals surface area contributed by atoms with Crippen molar-refractivity contribution in [2.45, 2.75) is 11.8 Å². The number of hydrogen-bond donors (Lipinski definition) is 1. The highest BCUT2D eigenvalue weighted by molar-refractivity contribution is 7.89. The van der Waals surface area contributed by atoms with E-state index in [0.717, 1.165) is 4.31 Å². The fourth-order valence-electron chi connectivity index (χ4n) is 2.03. The van der Waals surface area contributed by atoms with Crippen LogP contribution < -0.4 is 14.8 Å². The predicted molar refractivity (Wildman–Crippen MR) is 91.8 cm³/mol. The molecule has 1 heterocycles. The second-order valence-corrected chi connectivity index (χ2v) is 7.40. The first-order valence-electron chi connectivity index (χ1n) is 7.45. The number of pyridine rings is 1. The molecule has 134 valence electrons. The van der Waals surface area contributed by atoms with Crippen molar-refractivity contribution in [3.8, 4) is 5.75 Å². The number of carbonyl (C=O) groups is 1. The number of nitrogens with zero attached hydrogens (tertiary/aromatic N) is 2. The van der Waals surface area contributed by atoms with Crippen molar-refractivity contribution < 1.29 is 22.7 Å². The third-order valence-corrected chi connectivity index (χ3v) is 5.16. The number of aromatic nitrogens is 1. The van der Waals surface area contributed by atoms with Gasteiger partial charge in [-0.15, -0.1) is 0 Å². The molecule has 1 aromatic heterocycles. The van der Waals surface area contributed by atoms with E-state index in [1.807, 2.05) is 0 Å². The first-order valence-corrected chi connectivity index (χ1v) is 8.89. The van der Waals surface area contributed by atoms with Crippen LogP contribution in [0.3, 0.4) is 0 Å². The molecule has 0 saturated heterocycles. The Kier molecular flexibility index (Phi) is 5.60. The minimum atomic E-state index is -3.75. The number of nitrogens with one attached hydrogen (secondary N) is 1. The summed E-state index contributed by atoms with van der Waals surface area (Å²) in [5.41, 5.74) is 0.575. The predicted octanol–water partition coefficient (Wildman–Crippen LogP) is 1.22. The van der Waals surface area contributed by atoms with Gasteiger partial charge in [-0.25, -0.2) is 12.7 Å². The quantitative estimate of drug-likeness (QED) is 0.612. The van der Waals surface area contributed by atoms with Crippen LogP contribution >= 0.6 is 0 Å². The van der Waals surface area contributed by atoms with Gasteiger partial charge in [-0.2, -0.15) is 4.73 Å². The Balaban J connectivity index is 2.36. The number of sulfonamides is 1. The Morgan fingerprint density at radius 3 is 2.44 bits per heavy atom. The lowest BCUT2D eigenvalue weighted by molar-refractivity contribution is -0.605. The Bertz CT molecular complexity index is 864. The lowest BCUT2D eigenvalue weighted by Crippen LogP contribution is -2.25. The molecule has 0 aliphatic heterocycles. The fourth-order valence-corrected chi connectivity index (χ4v) is 3.08. The zero-order valence-electron chi connectivity index (χ0n) is 14.1. The summed E-state index contributed by atoms with van der Waals surface area (Å²) in [5, 5.41) is 13.6. The van der Waals surface area contributed by atoms with Crippen molar-refractivity contribution in [2.75, 3.05) is 26.0 Å². The van der Waals surface area contributed by atoms with Crippen LogP contribution in [0.25, 0.3) is 0 Å². The number of hydrogen-bond acceptors (Lipinski definition) is 5. The largest absolute Gasteiger partial charge is 0.619 e. The topological polar surface area (TPSA) is 103 Å². The molecule has 0 atom stereocenters. The molecule has 8 nitrogen and oxygen atoms in total. The van der Waals surface area contributed by atoms with E-state index in [4.69, 9.17) is 4.74 Å².